The Bertz CT molecular complexity index is 1350. The third-order valence-electron chi connectivity index (χ3n) is 5.02. The maximum atomic E-state index is 15.2. The number of ether oxygens (including phenoxy) is 3. The number of benzene rings is 3. The second-order valence-corrected chi connectivity index (χ2v) is 9.55. The molecule has 0 aliphatic heterocycles. The number of aliphatic hydroxyl groups is 1. The molecule has 37 heavy (non-hydrogen) atoms. The highest BCUT2D eigenvalue weighted by Gasteiger charge is 2.18. The minimum Gasteiger partial charge on any atom is -0.493 e. The quantitative estimate of drug-likeness (QED) is 0.200. The fourth-order valence-corrected chi connectivity index (χ4v) is 3.53. The van der Waals surface area contributed by atoms with E-state index in [-0.39, 0.29) is 50.9 Å². The minimum absolute atomic E-state index is 0.00946. The third kappa shape index (κ3) is 8.19. The molecule has 10 heteroatoms. The van der Waals surface area contributed by atoms with Gasteiger partial charge in [0.1, 0.15) is 11.5 Å². The Kier molecular flexibility index (Phi) is 9.11. The molecule has 3 rings (SSSR count). The second-order valence-electron chi connectivity index (χ2n) is 8.71. The standard InChI is InChI=1S/C27H24Cl2FN3O4/c1-27(2,34)9-10-35-20-6-3-17(4-7-20)26(33)37-23(32)13-18-5-8-22(29)25(24(18)30)36-21-12-16(15-31)11-19(28)14-21/h3-8,11-12,14,32-34H,9-10,13H2,1-2H3. The van der Waals surface area contributed by atoms with Crippen LogP contribution in [-0.2, 0) is 11.2 Å². The number of hydrogen-bond donors (Lipinski definition) is 3. The number of nitrogens with one attached hydrogen (secondary N) is 2. The van der Waals surface area contributed by atoms with Crippen LogP contribution >= 0.6 is 23.2 Å². The first-order valence-corrected chi connectivity index (χ1v) is 11.9. The van der Waals surface area contributed by atoms with E-state index in [0.717, 1.165) is 0 Å². The summed E-state index contributed by atoms with van der Waals surface area (Å²) in [6, 6.07) is 15.5. The number of hydrogen-bond acceptors (Lipinski definition) is 7. The summed E-state index contributed by atoms with van der Waals surface area (Å²) in [6.07, 6.45) is 0.192. The van der Waals surface area contributed by atoms with Gasteiger partial charge in [-0.25, -0.2) is 4.39 Å². The SMILES string of the molecule is CC(C)(O)CCOc1ccc(C(=N)OC(=N)Cc2ccc(Cl)c(Oc3cc(Cl)cc(C#N)c3)c2F)cc1. The van der Waals surface area contributed by atoms with E-state index in [4.69, 9.17) is 53.5 Å². The molecule has 0 radical (unpaired) electrons. The van der Waals surface area contributed by atoms with Gasteiger partial charge in [-0.2, -0.15) is 5.26 Å². The normalized spacial score (nSPS) is 10.9. The minimum atomic E-state index is -0.830. The highest BCUT2D eigenvalue weighted by Crippen LogP contribution is 2.35. The van der Waals surface area contributed by atoms with Crippen LogP contribution in [0.15, 0.2) is 54.6 Å². The van der Waals surface area contributed by atoms with Crippen LogP contribution in [0, 0.1) is 28.0 Å². The topological polar surface area (TPSA) is 119 Å². The first-order chi connectivity index (χ1) is 17.4. The van der Waals surface area contributed by atoms with E-state index in [0.29, 0.717) is 24.3 Å². The fraction of sp³-hybridized carbons (Fsp3) is 0.222. The lowest BCUT2D eigenvalue weighted by molar-refractivity contribution is 0.0553. The average molecular weight is 544 g/mol. The van der Waals surface area contributed by atoms with Crippen LogP contribution in [0.1, 0.15) is 37.0 Å². The van der Waals surface area contributed by atoms with Crippen molar-refractivity contribution < 1.29 is 23.7 Å². The Hall–Kier alpha value is -3.64. The molecule has 0 bridgehead atoms. The summed E-state index contributed by atoms with van der Waals surface area (Å²) in [4.78, 5) is 0. The zero-order valence-electron chi connectivity index (χ0n) is 20.1. The summed E-state index contributed by atoms with van der Waals surface area (Å²) in [6.45, 7) is 3.72. The lowest BCUT2D eigenvalue weighted by Gasteiger charge is -2.17. The van der Waals surface area contributed by atoms with E-state index in [1.807, 2.05) is 6.07 Å². The monoisotopic (exact) mass is 543 g/mol. The molecule has 7 nitrogen and oxygen atoms in total. The van der Waals surface area contributed by atoms with Gasteiger partial charge in [-0.3, -0.25) is 10.8 Å². The molecule has 0 aromatic heterocycles. The van der Waals surface area contributed by atoms with Crippen LogP contribution < -0.4 is 9.47 Å². The molecule has 0 amide bonds. The van der Waals surface area contributed by atoms with Crippen molar-refractivity contribution in [2.24, 2.45) is 0 Å². The van der Waals surface area contributed by atoms with Gasteiger partial charge in [0.05, 0.1) is 35.3 Å². The lowest BCUT2D eigenvalue weighted by atomic mass is 10.1. The van der Waals surface area contributed by atoms with Crippen LogP contribution in [0.4, 0.5) is 4.39 Å². The molecule has 3 aromatic carbocycles. The van der Waals surface area contributed by atoms with Gasteiger partial charge in [0, 0.05) is 22.6 Å². The van der Waals surface area contributed by atoms with Crippen molar-refractivity contribution in [1.82, 2.24) is 0 Å². The largest absolute Gasteiger partial charge is 0.493 e. The summed E-state index contributed by atoms with van der Waals surface area (Å²) in [7, 11) is 0. The summed E-state index contributed by atoms with van der Waals surface area (Å²) >= 11 is 12.1. The highest BCUT2D eigenvalue weighted by molar-refractivity contribution is 6.32. The maximum Gasteiger partial charge on any atom is 0.220 e. The molecule has 3 aromatic rings. The van der Waals surface area contributed by atoms with Crippen molar-refractivity contribution in [2.45, 2.75) is 32.3 Å². The summed E-state index contributed by atoms with van der Waals surface area (Å²) in [5, 5.41) is 35.3. The van der Waals surface area contributed by atoms with E-state index in [1.165, 1.54) is 30.3 Å². The van der Waals surface area contributed by atoms with E-state index in [1.54, 1.807) is 38.1 Å². The van der Waals surface area contributed by atoms with Gasteiger partial charge >= 0.3 is 0 Å². The predicted octanol–water partition coefficient (Wildman–Crippen LogP) is 6.90. The Morgan fingerprint density at radius 2 is 1.76 bits per heavy atom. The first kappa shape index (κ1) is 27.9. The van der Waals surface area contributed by atoms with Crippen molar-refractivity contribution in [3.05, 3.63) is 87.2 Å². The molecule has 0 heterocycles. The Balaban J connectivity index is 1.64. The van der Waals surface area contributed by atoms with Gasteiger partial charge < -0.3 is 19.3 Å². The molecule has 0 fully saturated rings. The van der Waals surface area contributed by atoms with Crippen molar-refractivity contribution >= 4 is 35.0 Å². The zero-order valence-corrected chi connectivity index (χ0v) is 21.6. The van der Waals surface area contributed by atoms with E-state index >= 15 is 4.39 Å². The molecule has 0 saturated carbocycles. The van der Waals surface area contributed by atoms with Crippen LogP contribution in [0.5, 0.6) is 17.2 Å². The summed E-state index contributed by atoms with van der Waals surface area (Å²) in [5.74, 6) is -1.05. The van der Waals surface area contributed by atoms with Crippen LogP contribution in [0.3, 0.4) is 0 Å². The van der Waals surface area contributed by atoms with Gasteiger partial charge in [0.15, 0.2) is 17.5 Å². The van der Waals surface area contributed by atoms with Crippen LogP contribution in [0.25, 0.3) is 0 Å². The Labute approximate surface area is 224 Å². The molecule has 0 unspecified atom stereocenters. The summed E-state index contributed by atoms with van der Waals surface area (Å²) < 4.78 is 31.6. The van der Waals surface area contributed by atoms with Gasteiger partial charge in [0.2, 0.25) is 5.90 Å². The first-order valence-electron chi connectivity index (χ1n) is 11.1. The smallest absolute Gasteiger partial charge is 0.220 e. The number of nitrogens with zero attached hydrogens (tertiary/aromatic N) is 1. The van der Waals surface area contributed by atoms with Crippen LogP contribution in [-0.4, -0.2) is 29.1 Å². The Morgan fingerprint density at radius 3 is 2.41 bits per heavy atom. The maximum absolute atomic E-state index is 15.2. The molecule has 0 spiro atoms. The third-order valence-corrected chi connectivity index (χ3v) is 5.54. The van der Waals surface area contributed by atoms with E-state index < -0.39 is 11.4 Å². The Morgan fingerprint density at radius 1 is 1.05 bits per heavy atom. The molecule has 0 atom stereocenters. The van der Waals surface area contributed by atoms with Crippen molar-refractivity contribution in [3.8, 4) is 23.3 Å². The lowest BCUT2D eigenvalue weighted by Crippen LogP contribution is -2.21. The van der Waals surface area contributed by atoms with Gasteiger partial charge in [-0.05, 0) is 62.4 Å². The molecular formula is C27H24Cl2FN3O4. The van der Waals surface area contributed by atoms with Gasteiger partial charge in [-0.15, -0.1) is 0 Å². The summed E-state index contributed by atoms with van der Waals surface area (Å²) in [5.41, 5.74) is -0.134. The molecule has 0 aliphatic rings. The van der Waals surface area contributed by atoms with E-state index in [9.17, 15) is 5.11 Å². The van der Waals surface area contributed by atoms with Crippen molar-refractivity contribution in [1.29, 1.82) is 16.1 Å². The molecule has 0 aliphatic carbocycles. The average Bonchev–Trinajstić information content (AvgIpc) is 2.82. The fourth-order valence-electron chi connectivity index (χ4n) is 3.12. The number of nitriles is 1. The molecule has 0 saturated heterocycles. The molecule has 192 valence electrons. The van der Waals surface area contributed by atoms with Crippen LogP contribution in [0.2, 0.25) is 10.0 Å². The van der Waals surface area contributed by atoms with Crippen molar-refractivity contribution in [3.63, 3.8) is 0 Å². The van der Waals surface area contributed by atoms with Gasteiger partial charge in [-0.1, -0.05) is 29.3 Å². The molecule has 3 N–H and O–H groups in total. The molecular weight excluding hydrogens is 520 g/mol. The second kappa shape index (κ2) is 12.1. The zero-order chi connectivity index (χ0) is 27.2. The number of rotatable bonds is 9. The van der Waals surface area contributed by atoms with Gasteiger partial charge in [0.25, 0.3) is 0 Å². The van der Waals surface area contributed by atoms with E-state index in [2.05, 4.69) is 0 Å². The number of halogens is 3. The van der Waals surface area contributed by atoms with Crippen molar-refractivity contribution in [2.75, 3.05) is 6.61 Å². The predicted molar refractivity (Wildman–Crippen MR) is 140 cm³/mol. The highest BCUT2D eigenvalue weighted by atomic mass is 35.5.